The molecule has 1 aliphatic rings. The predicted octanol–water partition coefficient (Wildman–Crippen LogP) is 2.83. The summed E-state index contributed by atoms with van der Waals surface area (Å²) in [4.78, 5) is 0. The van der Waals surface area contributed by atoms with Gasteiger partial charge in [-0.2, -0.15) is 0 Å². The van der Waals surface area contributed by atoms with E-state index in [0.717, 1.165) is 32.7 Å². The zero-order valence-corrected chi connectivity index (χ0v) is 12.0. The van der Waals surface area contributed by atoms with Crippen molar-refractivity contribution in [3.05, 3.63) is 35.4 Å². The van der Waals surface area contributed by atoms with Gasteiger partial charge >= 0.3 is 0 Å². The standard InChI is InChI=1S/C16H25NO2/c1-3-15(17)16(14-6-4-5-12(2)9-14)19-11-13-7-8-18-10-13/h4-6,9,13,15-16H,3,7-8,10-11,17H2,1-2H3. The van der Waals surface area contributed by atoms with Crippen LogP contribution in [0.2, 0.25) is 0 Å². The molecule has 3 atom stereocenters. The van der Waals surface area contributed by atoms with Gasteiger partial charge in [-0.1, -0.05) is 36.8 Å². The second-order valence-corrected chi connectivity index (χ2v) is 5.47. The van der Waals surface area contributed by atoms with Gasteiger partial charge in [0.05, 0.1) is 19.3 Å². The van der Waals surface area contributed by atoms with Gasteiger partial charge in [-0.15, -0.1) is 0 Å². The van der Waals surface area contributed by atoms with Gasteiger partial charge < -0.3 is 15.2 Å². The van der Waals surface area contributed by atoms with Gasteiger partial charge in [-0.25, -0.2) is 0 Å². The van der Waals surface area contributed by atoms with Crippen molar-refractivity contribution in [2.45, 2.75) is 38.8 Å². The summed E-state index contributed by atoms with van der Waals surface area (Å²) >= 11 is 0. The summed E-state index contributed by atoms with van der Waals surface area (Å²) in [6.07, 6.45) is 2.01. The first-order valence-corrected chi connectivity index (χ1v) is 7.22. The Morgan fingerprint density at radius 2 is 2.32 bits per heavy atom. The number of benzene rings is 1. The van der Waals surface area contributed by atoms with Crippen LogP contribution < -0.4 is 5.73 Å². The van der Waals surface area contributed by atoms with Gasteiger partial charge in [0.15, 0.2) is 0 Å². The second kappa shape index (κ2) is 7.04. The van der Waals surface area contributed by atoms with Crippen LogP contribution in [0.1, 0.15) is 37.0 Å². The largest absolute Gasteiger partial charge is 0.381 e. The topological polar surface area (TPSA) is 44.5 Å². The van der Waals surface area contributed by atoms with E-state index in [0.29, 0.717) is 5.92 Å². The van der Waals surface area contributed by atoms with E-state index in [4.69, 9.17) is 15.2 Å². The normalized spacial score (nSPS) is 22.4. The Morgan fingerprint density at radius 1 is 1.47 bits per heavy atom. The first-order chi connectivity index (χ1) is 9.20. The summed E-state index contributed by atoms with van der Waals surface area (Å²) in [5.41, 5.74) is 8.66. The highest BCUT2D eigenvalue weighted by Crippen LogP contribution is 2.25. The molecule has 106 valence electrons. The highest BCUT2D eigenvalue weighted by molar-refractivity contribution is 5.25. The molecule has 0 saturated carbocycles. The average Bonchev–Trinajstić information content (AvgIpc) is 2.92. The summed E-state index contributed by atoms with van der Waals surface area (Å²) in [6, 6.07) is 8.50. The number of ether oxygens (including phenoxy) is 2. The van der Waals surface area contributed by atoms with Crippen LogP contribution in [-0.4, -0.2) is 25.9 Å². The van der Waals surface area contributed by atoms with Crippen LogP contribution in [0.4, 0.5) is 0 Å². The van der Waals surface area contributed by atoms with Crippen molar-refractivity contribution in [2.24, 2.45) is 11.7 Å². The van der Waals surface area contributed by atoms with E-state index in [1.807, 2.05) is 0 Å². The number of hydrogen-bond acceptors (Lipinski definition) is 3. The maximum atomic E-state index is 6.23. The molecule has 3 unspecified atom stereocenters. The lowest BCUT2D eigenvalue weighted by Gasteiger charge is -2.25. The zero-order chi connectivity index (χ0) is 13.7. The molecule has 1 aromatic carbocycles. The Balaban J connectivity index is 2.02. The number of rotatable bonds is 6. The van der Waals surface area contributed by atoms with E-state index in [1.165, 1.54) is 11.1 Å². The first kappa shape index (κ1) is 14.5. The maximum absolute atomic E-state index is 6.23. The Hall–Kier alpha value is -0.900. The summed E-state index contributed by atoms with van der Waals surface area (Å²) in [5, 5.41) is 0. The zero-order valence-electron chi connectivity index (χ0n) is 12.0. The van der Waals surface area contributed by atoms with E-state index in [9.17, 15) is 0 Å². The number of hydrogen-bond donors (Lipinski definition) is 1. The Morgan fingerprint density at radius 3 is 2.95 bits per heavy atom. The summed E-state index contributed by atoms with van der Waals surface area (Å²) in [6.45, 7) is 6.63. The minimum atomic E-state index is -0.00880. The van der Waals surface area contributed by atoms with Crippen molar-refractivity contribution in [1.29, 1.82) is 0 Å². The van der Waals surface area contributed by atoms with Crippen LogP contribution in [-0.2, 0) is 9.47 Å². The fourth-order valence-electron chi connectivity index (χ4n) is 2.48. The van der Waals surface area contributed by atoms with Crippen LogP contribution in [0.15, 0.2) is 24.3 Å². The third kappa shape index (κ3) is 4.03. The van der Waals surface area contributed by atoms with Gasteiger partial charge in [0.2, 0.25) is 0 Å². The molecule has 1 aliphatic heterocycles. The molecule has 0 bridgehead atoms. The molecule has 2 N–H and O–H groups in total. The van der Waals surface area contributed by atoms with Crippen molar-refractivity contribution in [3.8, 4) is 0 Å². The lowest BCUT2D eigenvalue weighted by molar-refractivity contribution is 0.00945. The predicted molar refractivity (Wildman–Crippen MR) is 77.1 cm³/mol. The van der Waals surface area contributed by atoms with Gasteiger partial charge in [0.1, 0.15) is 0 Å². The molecular formula is C16H25NO2. The fraction of sp³-hybridized carbons (Fsp3) is 0.625. The minimum absolute atomic E-state index is 0.00880. The van der Waals surface area contributed by atoms with Crippen molar-refractivity contribution in [1.82, 2.24) is 0 Å². The van der Waals surface area contributed by atoms with Crippen molar-refractivity contribution >= 4 is 0 Å². The lowest BCUT2D eigenvalue weighted by atomic mass is 9.99. The highest BCUT2D eigenvalue weighted by atomic mass is 16.5. The van der Waals surface area contributed by atoms with E-state index in [2.05, 4.69) is 38.1 Å². The number of nitrogens with two attached hydrogens (primary N) is 1. The summed E-state index contributed by atoms with van der Waals surface area (Å²) in [7, 11) is 0. The molecule has 1 aromatic rings. The second-order valence-electron chi connectivity index (χ2n) is 5.47. The Kier molecular flexibility index (Phi) is 5.37. The molecule has 0 spiro atoms. The Bertz CT molecular complexity index is 388. The van der Waals surface area contributed by atoms with Crippen molar-refractivity contribution in [2.75, 3.05) is 19.8 Å². The van der Waals surface area contributed by atoms with E-state index >= 15 is 0 Å². The SMILES string of the molecule is CCC(N)C(OCC1CCOC1)c1cccc(C)c1. The van der Waals surface area contributed by atoms with Crippen LogP contribution in [0.5, 0.6) is 0 Å². The molecule has 0 aromatic heterocycles. The Labute approximate surface area is 116 Å². The summed E-state index contributed by atoms with van der Waals surface area (Å²) < 4.78 is 11.5. The molecule has 3 nitrogen and oxygen atoms in total. The minimum Gasteiger partial charge on any atom is -0.381 e. The monoisotopic (exact) mass is 263 g/mol. The molecule has 3 heteroatoms. The molecule has 1 heterocycles. The smallest absolute Gasteiger partial charge is 0.0975 e. The van der Waals surface area contributed by atoms with Gasteiger partial charge in [-0.05, 0) is 25.3 Å². The summed E-state index contributed by atoms with van der Waals surface area (Å²) in [5.74, 6) is 0.524. The van der Waals surface area contributed by atoms with Crippen LogP contribution in [0.3, 0.4) is 0 Å². The molecule has 0 radical (unpaired) electrons. The first-order valence-electron chi connectivity index (χ1n) is 7.22. The van der Waals surface area contributed by atoms with Crippen LogP contribution >= 0.6 is 0 Å². The van der Waals surface area contributed by atoms with Crippen LogP contribution in [0, 0.1) is 12.8 Å². The quantitative estimate of drug-likeness (QED) is 0.858. The van der Waals surface area contributed by atoms with E-state index in [1.54, 1.807) is 0 Å². The fourth-order valence-corrected chi connectivity index (χ4v) is 2.48. The highest BCUT2D eigenvalue weighted by Gasteiger charge is 2.23. The molecular weight excluding hydrogens is 238 g/mol. The maximum Gasteiger partial charge on any atom is 0.0975 e. The number of aryl methyl sites for hydroxylation is 1. The van der Waals surface area contributed by atoms with Gasteiger partial charge in [-0.3, -0.25) is 0 Å². The van der Waals surface area contributed by atoms with Crippen LogP contribution in [0.25, 0.3) is 0 Å². The lowest BCUT2D eigenvalue weighted by Crippen LogP contribution is -2.31. The molecule has 2 rings (SSSR count). The third-order valence-corrected chi connectivity index (χ3v) is 3.77. The molecule has 0 amide bonds. The molecule has 1 saturated heterocycles. The average molecular weight is 263 g/mol. The van der Waals surface area contributed by atoms with Gasteiger partial charge in [0, 0.05) is 18.6 Å². The molecule has 19 heavy (non-hydrogen) atoms. The third-order valence-electron chi connectivity index (χ3n) is 3.77. The molecule has 1 fully saturated rings. The van der Waals surface area contributed by atoms with Crippen molar-refractivity contribution in [3.63, 3.8) is 0 Å². The van der Waals surface area contributed by atoms with Crippen molar-refractivity contribution < 1.29 is 9.47 Å². The van der Waals surface area contributed by atoms with E-state index < -0.39 is 0 Å². The van der Waals surface area contributed by atoms with E-state index in [-0.39, 0.29) is 12.1 Å². The molecule has 0 aliphatic carbocycles. The van der Waals surface area contributed by atoms with Gasteiger partial charge in [0.25, 0.3) is 0 Å².